The van der Waals surface area contributed by atoms with Crippen molar-refractivity contribution >= 4 is 49.9 Å². The fourth-order valence-corrected chi connectivity index (χ4v) is 4.14. The van der Waals surface area contributed by atoms with Crippen LogP contribution in [0.15, 0.2) is 68.5 Å². The lowest BCUT2D eigenvalue weighted by molar-refractivity contribution is -0.111. The molecule has 0 atom stereocenters. The quantitative estimate of drug-likeness (QED) is 0.204. The molecule has 166 valence electrons. The van der Waals surface area contributed by atoms with Crippen molar-refractivity contribution in [1.82, 2.24) is 9.55 Å². The third-order valence-corrected chi connectivity index (χ3v) is 6.74. The lowest BCUT2D eigenvalue weighted by Crippen LogP contribution is -2.10. The lowest BCUT2D eigenvalue weighted by Gasteiger charge is -2.19. The molecule has 0 fully saturated rings. The van der Waals surface area contributed by atoms with Crippen LogP contribution < -0.4 is 0 Å². The first-order chi connectivity index (χ1) is 15.3. The van der Waals surface area contributed by atoms with Gasteiger partial charge in [0.15, 0.2) is 5.76 Å². The normalized spacial score (nSPS) is 12.1. The Morgan fingerprint density at radius 1 is 1.09 bits per heavy atom. The number of hydrogen-bond donors (Lipinski definition) is 1. The molecule has 0 saturated heterocycles. The summed E-state index contributed by atoms with van der Waals surface area (Å²) in [6.45, 7) is 0.438. The smallest absolute Gasteiger partial charge is 0.237 e. The summed E-state index contributed by atoms with van der Waals surface area (Å²) in [5.41, 5.74) is 1.75. The fraction of sp³-hybridized carbons (Fsp3) is 0.174. The largest absolute Gasteiger partial charge is 0.504 e. The van der Waals surface area contributed by atoms with Gasteiger partial charge in [-0.05, 0) is 73.7 Å². The molecule has 0 unspecified atom stereocenters. The maximum absolute atomic E-state index is 13.5. The number of aromatic nitrogens is 2. The molecule has 3 rings (SSSR count). The van der Waals surface area contributed by atoms with E-state index in [4.69, 9.17) is 0 Å². The molecule has 0 aliphatic carbocycles. The third-order valence-electron chi connectivity index (χ3n) is 4.85. The number of aliphatic imine (C=N–C) groups is 1. The lowest BCUT2D eigenvalue weighted by atomic mass is 9.88. The van der Waals surface area contributed by atoms with Gasteiger partial charge in [0, 0.05) is 25.6 Å². The highest BCUT2D eigenvalue weighted by atomic mass is 79.9. The van der Waals surface area contributed by atoms with Crippen LogP contribution in [0.1, 0.15) is 29.3 Å². The summed E-state index contributed by atoms with van der Waals surface area (Å²) in [6.07, 6.45) is 2.84. The number of carbonyl (C=O) groups excluding carboxylic acids is 1. The zero-order valence-electron chi connectivity index (χ0n) is 17.0. The van der Waals surface area contributed by atoms with Gasteiger partial charge in [-0.15, -0.1) is 0 Å². The summed E-state index contributed by atoms with van der Waals surface area (Å²) in [6, 6.07) is 12.4. The van der Waals surface area contributed by atoms with E-state index in [1.807, 2.05) is 0 Å². The van der Waals surface area contributed by atoms with Crippen LogP contribution >= 0.6 is 31.9 Å². The van der Waals surface area contributed by atoms with Gasteiger partial charge in [0.2, 0.25) is 5.78 Å². The first kappa shape index (κ1) is 24.0. The van der Waals surface area contributed by atoms with Gasteiger partial charge in [0.05, 0.1) is 6.21 Å². The van der Waals surface area contributed by atoms with E-state index in [-0.39, 0.29) is 17.6 Å². The van der Waals surface area contributed by atoms with Gasteiger partial charge in [-0.25, -0.2) is 13.8 Å². The fourth-order valence-electron chi connectivity index (χ4n) is 3.29. The number of aliphatic hydroxyl groups excluding tert-OH is 1. The molecule has 1 heterocycles. The Kier molecular flexibility index (Phi) is 8.09. The van der Waals surface area contributed by atoms with Crippen molar-refractivity contribution < 1.29 is 18.7 Å². The predicted octanol–water partition coefficient (Wildman–Crippen LogP) is 6.08. The van der Waals surface area contributed by atoms with Crippen molar-refractivity contribution in [3.63, 3.8) is 0 Å². The molecule has 2 aromatic carbocycles. The minimum absolute atomic E-state index is 0.149. The molecule has 9 heteroatoms. The Labute approximate surface area is 200 Å². The van der Waals surface area contributed by atoms with Crippen LogP contribution in [0.4, 0.5) is 8.78 Å². The van der Waals surface area contributed by atoms with E-state index in [1.165, 1.54) is 37.4 Å². The Hall–Kier alpha value is -2.65. The van der Waals surface area contributed by atoms with Crippen LogP contribution in [0.5, 0.6) is 0 Å². The van der Waals surface area contributed by atoms with Crippen molar-refractivity contribution in [3.8, 4) is 0 Å². The summed E-state index contributed by atoms with van der Waals surface area (Å²) in [7, 11) is 1.43. The van der Waals surface area contributed by atoms with E-state index >= 15 is 0 Å². The molecule has 0 amide bonds. The number of aliphatic hydroxyl groups is 1. The highest BCUT2D eigenvalue weighted by Crippen LogP contribution is 2.32. The molecule has 5 nitrogen and oxygen atoms in total. The van der Waals surface area contributed by atoms with Gasteiger partial charge >= 0.3 is 0 Å². The maximum atomic E-state index is 13.5. The molecule has 1 N–H and O–H groups in total. The van der Waals surface area contributed by atoms with Gasteiger partial charge in [0.25, 0.3) is 0 Å². The van der Waals surface area contributed by atoms with Crippen molar-refractivity contribution in [2.24, 2.45) is 4.99 Å². The molecule has 0 saturated carbocycles. The summed E-state index contributed by atoms with van der Waals surface area (Å²) in [5.74, 6) is -1.59. The highest BCUT2D eigenvalue weighted by Gasteiger charge is 2.19. The van der Waals surface area contributed by atoms with Crippen LogP contribution in [0.3, 0.4) is 0 Å². The van der Waals surface area contributed by atoms with Gasteiger partial charge in [-0.2, -0.15) is 0 Å². The number of halogens is 4. The summed E-state index contributed by atoms with van der Waals surface area (Å²) in [5, 5.41) is 10.1. The number of nitrogens with zero attached hydrogens (tertiary/aromatic N) is 3. The van der Waals surface area contributed by atoms with Gasteiger partial charge < -0.3 is 9.67 Å². The number of Topliss-reactive ketones (excluding diaryl/α,β-unsaturated/α-hetero) is 1. The Bertz CT molecular complexity index is 1110. The number of hydrogen-bond acceptors (Lipinski definition) is 4. The molecule has 0 bridgehead atoms. The predicted molar refractivity (Wildman–Crippen MR) is 127 cm³/mol. The molecular formula is C23H19Br2F2N3O2. The van der Waals surface area contributed by atoms with E-state index in [9.17, 15) is 18.7 Å². The third kappa shape index (κ3) is 5.77. The number of ketones is 1. The number of rotatable bonds is 8. The Morgan fingerprint density at radius 2 is 1.62 bits per heavy atom. The van der Waals surface area contributed by atoms with Gasteiger partial charge in [0.1, 0.15) is 26.7 Å². The SMILES string of the molecule is CN=CC(=O)/C(O)=C/c1nc(Br)c(Br)n1CCC(c1ccc(F)cc1)c1ccc(F)cc1. The van der Waals surface area contributed by atoms with Crippen LogP contribution in [0.25, 0.3) is 6.08 Å². The van der Waals surface area contributed by atoms with Crippen molar-refractivity contribution in [1.29, 1.82) is 0 Å². The van der Waals surface area contributed by atoms with E-state index in [0.29, 0.717) is 28.0 Å². The second-order valence-corrected chi connectivity index (χ2v) is 8.43. The molecule has 0 radical (unpaired) electrons. The minimum atomic E-state index is -0.634. The number of benzene rings is 2. The first-order valence-electron chi connectivity index (χ1n) is 9.59. The second-order valence-electron chi connectivity index (χ2n) is 6.93. The molecule has 1 aromatic heterocycles. The van der Waals surface area contributed by atoms with Crippen molar-refractivity contribution in [3.05, 3.63) is 92.1 Å². The Morgan fingerprint density at radius 3 is 2.12 bits per heavy atom. The molecule has 0 aliphatic rings. The molecule has 0 aliphatic heterocycles. The number of carbonyl (C=O) groups is 1. The van der Waals surface area contributed by atoms with Gasteiger partial charge in [-0.3, -0.25) is 9.79 Å². The average molecular weight is 567 g/mol. The summed E-state index contributed by atoms with van der Waals surface area (Å²) in [4.78, 5) is 19.8. The maximum Gasteiger partial charge on any atom is 0.237 e. The van der Waals surface area contributed by atoms with Crippen molar-refractivity contribution in [2.75, 3.05) is 7.05 Å². The zero-order valence-corrected chi connectivity index (χ0v) is 20.1. The molecule has 3 aromatic rings. The van der Waals surface area contributed by atoms with Gasteiger partial charge in [-0.1, -0.05) is 24.3 Å². The van der Waals surface area contributed by atoms with Crippen molar-refractivity contribution in [2.45, 2.75) is 18.9 Å². The van der Waals surface area contributed by atoms with Crippen LogP contribution in [0.2, 0.25) is 0 Å². The molecule has 32 heavy (non-hydrogen) atoms. The van der Waals surface area contributed by atoms with E-state index in [2.05, 4.69) is 41.8 Å². The zero-order chi connectivity index (χ0) is 23.3. The summed E-state index contributed by atoms with van der Waals surface area (Å²) < 4.78 is 29.9. The van der Waals surface area contributed by atoms with E-state index < -0.39 is 11.5 Å². The van der Waals surface area contributed by atoms with E-state index in [1.54, 1.807) is 28.8 Å². The minimum Gasteiger partial charge on any atom is -0.504 e. The topological polar surface area (TPSA) is 67.5 Å². The average Bonchev–Trinajstić information content (AvgIpc) is 3.03. The molecular weight excluding hydrogens is 548 g/mol. The highest BCUT2D eigenvalue weighted by molar-refractivity contribution is 9.13. The number of allylic oxidation sites excluding steroid dienone is 1. The second kappa shape index (κ2) is 10.8. The Balaban J connectivity index is 1.94. The molecule has 0 spiro atoms. The number of imidazole rings is 1. The standard InChI is InChI=1S/C23H19Br2F2N3O2/c1-28-13-20(32)19(31)12-21-29-22(24)23(25)30(21)11-10-18(14-2-6-16(26)7-3-14)15-4-8-17(27)9-5-15/h2-9,12-13,18,31H,10-11H2,1H3/b19-12-,28-13?. The van der Waals surface area contributed by atoms with Crippen LogP contribution in [-0.2, 0) is 11.3 Å². The summed E-state index contributed by atoms with van der Waals surface area (Å²) >= 11 is 6.83. The van der Waals surface area contributed by atoms with Crippen LogP contribution in [0, 0.1) is 11.6 Å². The van der Waals surface area contributed by atoms with E-state index in [0.717, 1.165) is 17.3 Å². The first-order valence-corrected chi connectivity index (χ1v) is 11.2. The monoisotopic (exact) mass is 565 g/mol. The van der Waals surface area contributed by atoms with Crippen LogP contribution in [-0.4, -0.2) is 33.7 Å².